The van der Waals surface area contributed by atoms with Crippen molar-refractivity contribution in [2.75, 3.05) is 24.5 Å². The zero-order valence-corrected chi connectivity index (χ0v) is 14.1. The smallest absolute Gasteiger partial charge is 0.225 e. The molecule has 1 saturated heterocycles. The highest BCUT2D eigenvalue weighted by Crippen LogP contribution is 2.28. The van der Waals surface area contributed by atoms with Crippen LogP contribution in [0.15, 0.2) is 42.9 Å². The van der Waals surface area contributed by atoms with E-state index in [4.69, 9.17) is 4.74 Å². The molecule has 0 saturated carbocycles. The van der Waals surface area contributed by atoms with Gasteiger partial charge >= 0.3 is 0 Å². The Morgan fingerprint density at radius 2 is 2.24 bits per heavy atom. The van der Waals surface area contributed by atoms with Crippen molar-refractivity contribution in [1.82, 2.24) is 15.3 Å². The standard InChI is InChI=1S/C19H22N4O2/c24-19(22-11-16-10-14-4-1-2-6-17(14)25-16)15-5-3-9-23(13-15)18-12-20-7-8-21-18/h1-2,4,6-8,12,15-16H,3,5,9-11,13H2,(H,22,24)/t15-,16-/m0/s1. The maximum absolute atomic E-state index is 12.6. The van der Waals surface area contributed by atoms with Crippen LogP contribution in [-0.2, 0) is 11.2 Å². The Kier molecular flexibility index (Phi) is 4.50. The molecule has 0 spiro atoms. The van der Waals surface area contributed by atoms with Gasteiger partial charge in [0, 0.05) is 31.9 Å². The maximum atomic E-state index is 12.6. The lowest BCUT2D eigenvalue weighted by atomic mass is 9.97. The largest absolute Gasteiger partial charge is 0.488 e. The molecule has 3 heterocycles. The van der Waals surface area contributed by atoms with Crippen LogP contribution in [0, 0.1) is 5.92 Å². The molecule has 6 nitrogen and oxygen atoms in total. The van der Waals surface area contributed by atoms with E-state index in [1.165, 1.54) is 5.56 Å². The summed E-state index contributed by atoms with van der Waals surface area (Å²) in [5, 5.41) is 3.07. The van der Waals surface area contributed by atoms with Gasteiger partial charge in [-0.25, -0.2) is 4.98 Å². The van der Waals surface area contributed by atoms with Gasteiger partial charge in [0.05, 0.1) is 18.7 Å². The first-order valence-corrected chi connectivity index (χ1v) is 8.83. The van der Waals surface area contributed by atoms with Gasteiger partial charge in [-0.05, 0) is 24.5 Å². The molecule has 2 aliphatic heterocycles. The lowest BCUT2D eigenvalue weighted by Gasteiger charge is -2.32. The van der Waals surface area contributed by atoms with Crippen LogP contribution in [0.25, 0.3) is 0 Å². The number of carbonyl (C=O) groups is 1. The quantitative estimate of drug-likeness (QED) is 0.921. The molecule has 25 heavy (non-hydrogen) atoms. The minimum absolute atomic E-state index is 0.0143. The second-order valence-electron chi connectivity index (χ2n) is 6.65. The first-order chi connectivity index (χ1) is 12.3. The van der Waals surface area contributed by atoms with Crippen molar-refractivity contribution in [3.63, 3.8) is 0 Å². The molecule has 0 radical (unpaired) electrons. The van der Waals surface area contributed by atoms with Crippen LogP contribution >= 0.6 is 0 Å². The van der Waals surface area contributed by atoms with E-state index in [0.29, 0.717) is 13.1 Å². The van der Waals surface area contributed by atoms with Crippen molar-refractivity contribution >= 4 is 11.7 Å². The van der Waals surface area contributed by atoms with Crippen LogP contribution in [0.5, 0.6) is 5.75 Å². The summed E-state index contributed by atoms with van der Waals surface area (Å²) in [6.07, 6.45) is 7.89. The number of fused-ring (bicyclic) bond motifs is 1. The fourth-order valence-corrected chi connectivity index (χ4v) is 3.58. The van der Waals surface area contributed by atoms with Gasteiger partial charge in [-0.3, -0.25) is 9.78 Å². The van der Waals surface area contributed by atoms with Gasteiger partial charge < -0.3 is 15.0 Å². The second kappa shape index (κ2) is 7.09. The number of nitrogens with one attached hydrogen (secondary N) is 1. The lowest BCUT2D eigenvalue weighted by molar-refractivity contribution is -0.125. The summed E-state index contributed by atoms with van der Waals surface area (Å²) in [5.41, 5.74) is 1.22. The van der Waals surface area contributed by atoms with Gasteiger partial charge in [0.1, 0.15) is 17.7 Å². The predicted octanol–water partition coefficient (Wildman–Crippen LogP) is 1.81. The van der Waals surface area contributed by atoms with E-state index in [-0.39, 0.29) is 17.9 Å². The molecule has 1 aromatic carbocycles. The summed E-state index contributed by atoms with van der Waals surface area (Å²) in [6.45, 7) is 2.16. The van der Waals surface area contributed by atoms with Crippen molar-refractivity contribution in [3.8, 4) is 5.75 Å². The molecule has 1 aromatic heterocycles. The zero-order chi connectivity index (χ0) is 17.1. The van der Waals surface area contributed by atoms with E-state index in [2.05, 4.69) is 26.3 Å². The van der Waals surface area contributed by atoms with Crippen LogP contribution < -0.4 is 15.0 Å². The molecule has 1 amide bonds. The average molecular weight is 338 g/mol. The van der Waals surface area contributed by atoms with Crippen LogP contribution in [0.2, 0.25) is 0 Å². The molecule has 1 N–H and O–H groups in total. The highest BCUT2D eigenvalue weighted by molar-refractivity contribution is 5.79. The Hall–Kier alpha value is -2.63. The highest BCUT2D eigenvalue weighted by atomic mass is 16.5. The fourth-order valence-electron chi connectivity index (χ4n) is 3.58. The average Bonchev–Trinajstić information content (AvgIpc) is 3.10. The summed E-state index contributed by atoms with van der Waals surface area (Å²) < 4.78 is 5.89. The second-order valence-corrected chi connectivity index (χ2v) is 6.65. The first-order valence-electron chi connectivity index (χ1n) is 8.83. The summed E-state index contributed by atoms with van der Waals surface area (Å²) >= 11 is 0. The van der Waals surface area contributed by atoms with Crippen LogP contribution in [0.3, 0.4) is 0 Å². The Labute approximate surface area is 147 Å². The molecule has 130 valence electrons. The molecular formula is C19H22N4O2. The number of ether oxygens (including phenoxy) is 1. The topological polar surface area (TPSA) is 67.3 Å². The lowest BCUT2D eigenvalue weighted by Crippen LogP contribution is -2.45. The molecule has 0 bridgehead atoms. The number of aromatic nitrogens is 2. The molecule has 4 rings (SSSR count). The van der Waals surface area contributed by atoms with E-state index in [0.717, 1.165) is 37.4 Å². The summed E-state index contributed by atoms with van der Waals surface area (Å²) in [4.78, 5) is 23.2. The third kappa shape index (κ3) is 3.57. The van der Waals surface area contributed by atoms with Crippen LogP contribution in [0.4, 0.5) is 5.82 Å². The van der Waals surface area contributed by atoms with E-state index >= 15 is 0 Å². The van der Waals surface area contributed by atoms with E-state index in [1.807, 2.05) is 18.2 Å². The van der Waals surface area contributed by atoms with Crippen molar-refractivity contribution < 1.29 is 9.53 Å². The van der Waals surface area contributed by atoms with Crippen molar-refractivity contribution in [2.45, 2.75) is 25.4 Å². The molecule has 2 aromatic rings. The monoisotopic (exact) mass is 338 g/mol. The van der Waals surface area contributed by atoms with Crippen LogP contribution in [-0.4, -0.2) is 41.6 Å². The molecule has 0 aliphatic carbocycles. The third-order valence-corrected chi connectivity index (χ3v) is 4.88. The Morgan fingerprint density at radius 3 is 3.08 bits per heavy atom. The third-order valence-electron chi connectivity index (χ3n) is 4.88. The molecule has 6 heteroatoms. The minimum atomic E-state index is -0.0143. The normalized spacial score (nSPS) is 22.2. The molecular weight excluding hydrogens is 316 g/mol. The number of anilines is 1. The Bertz CT molecular complexity index is 712. The number of piperidine rings is 1. The summed E-state index contributed by atoms with van der Waals surface area (Å²) in [5.74, 6) is 1.87. The molecule has 1 fully saturated rings. The number of rotatable bonds is 4. The summed E-state index contributed by atoms with van der Waals surface area (Å²) in [6, 6.07) is 8.06. The molecule has 2 atom stereocenters. The van der Waals surface area contributed by atoms with Crippen molar-refractivity contribution in [1.29, 1.82) is 0 Å². The van der Waals surface area contributed by atoms with Crippen molar-refractivity contribution in [3.05, 3.63) is 48.4 Å². The number of para-hydroxylation sites is 1. The van der Waals surface area contributed by atoms with Gasteiger partial charge in [0.25, 0.3) is 0 Å². The Balaban J connectivity index is 1.30. The first kappa shape index (κ1) is 15.9. The van der Waals surface area contributed by atoms with Gasteiger partial charge in [-0.15, -0.1) is 0 Å². The van der Waals surface area contributed by atoms with E-state index < -0.39 is 0 Å². The van der Waals surface area contributed by atoms with Gasteiger partial charge in [-0.1, -0.05) is 18.2 Å². The highest BCUT2D eigenvalue weighted by Gasteiger charge is 2.28. The maximum Gasteiger partial charge on any atom is 0.225 e. The predicted molar refractivity (Wildman–Crippen MR) is 94.5 cm³/mol. The number of hydrogen-bond acceptors (Lipinski definition) is 5. The number of nitrogens with zero attached hydrogens (tertiary/aromatic N) is 3. The SMILES string of the molecule is O=C(NC[C@@H]1Cc2ccccc2O1)[C@H]1CCCN(c2cnccn2)C1. The summed E-state index contributed by atoms with van der Waals surface area (Å²) in [7, 11) is 0. The minimum Gasteiger partial charge on any atom is -0.488 e. The molecule has 2 aliphatic rings. The number of benzene rings is 1. The zero-order valence-electron chi connectivity index (χ0n) is 14.1. The van der Waals surface area contributed by atoms with Gasteiger partial charge in [-0.2, -0.15) is 0 Å². The van der Waals surface area contributed by atoms with E-state index in [9.17, 15) is 4.79 Å². The number of hydrogen-bond donors (Lipinski definition) is 1. The number of carbonyl (C=O) groups excluding carboxylic acids is 1. The fraction of sp³-hybridized carbons (Fsp3) is 0.421. The van der Waals surface area contributed by atoms with Crippen LogP contribution in [0.1, 0.15) is 18.4 Å². The van der Waals surface area contributed by atoms with Gasteiger partial charge in [0.15, 0.2) is 0 Å². The molecule has 0 unspecified atom stereocenters. The Morgan fingerprint density at radius 1 is 1.32 bits per heavy atom. The van der Waals surface area contributed by atoms with Gasteiger partial charge in [0.2, 0.25) is 5.91 Å². The van der Waals surface area contributed by atoms with E-state index in [1.54, 1.807) is 18.6 Å². The van der Waals surface area contributed by atoms with Crippen molar-refractivity contribution in [2.24, 2.45) is 5.92 Å². The number of amides is 1.